The number of amides is 1. The van der Waals surface area contributed by atoms with E-state index in [-0.39, 0.29) is 12.5 Å². The monoisotopic (exact) mass is 358 g/mol. The second-order valence-electron chi connectivity index (χ2n) is 5.76. The van der Waals surface area contributed by atoms with E-state index in [4.69, 9.17) is 4.74 Å². The first kappa shape index (κ1) is 20.0. The van der Waals surface area contributed by atoms with Crippen LogP contribution in [0.25, 0.3) is 11.3 Å². The summed E-state index contributed by atoms with van der Waals surface area (Å²) in [5.41, 5.74) is 2.21. The van der Waals surface area contributed by atoms with Gasteiger partial charge in [-0.25, -0.2) is 0 Å². The van der Waals surface area contributed by atoms with Crippen LogP contribution in [0.3, 0.4) is 0 Å². The van der Waals surface area contributed by atoms with E-state index in [0.717, 1.165) is 11.3 Å². The second kappa shape index (κ2) is 10.0. The van der Waals surface area contributed by atoms with Gasteiger partial charge in [0.15, 0.2) is 0 Å². The SMILES string of the molecule is CC.O=C(NCC1OCCC(O)C1O)c1ccc(-c2ccccc2)nc1. The summed E-state index contributed by atoms with van der Waals surface area (Å²) >= 11 is 0. The van der Waals surface area contributed by atoms with Gasteiger partial charge in [-0.05, 0) is 18.6 Å². The molecule has 3 unspecified atom stereocenters. The van der Waals surface area contributed by atoms with Gasteiger partial charge in [0.25, 0.3) is 5.91 Å². The molecule has 3 rings (SSSR count). The summed E-state index contributed by atoms with van der Waals surface area (Å²) in [6.07, 6.45) is -0.486. The molecule has 3 atom stereocenters. The number of benzene rings is 1. The topological polar surface area (TPSA) is 91.7 Å². The Hall–Kier alpha value is -2.28. The van der Waals surface area contributed by atoms with Crippen molar-refractivity contribution in [2.45, 2.75) is 38.6 Å². The number of hydrogen-bond acceptors (Lipinski definition) is 5. The lowest BCUT2D eigenvalue weighted by molar-refractivity contribution is -0.132. The van der Waals surface area contributed by atoms with Crippen LogP contribution in [0.2, 0.25) is 0 Å². The van der Waals surface area contributed by atoms with E-state index in [0.29, 0.717) is 18.6 Å². The Labute approximate surface area is 153 Å². The summed E-state index contributed by atoms with van der Waals surface area (Å²) in [5.74, 6) is -0.294. The number of pyridine rings is 1. The highest BCUT2D eigenvalue weighted by atomic mass is 16.5. The molecule has 6 nitrogen and oxygen atoms in total. The predicted octanol–water partition coefficient (Wildman–Crippen LogP) is 2.02. The molecule has 1 fully saturated rings. The normalized spacial score (nSPS) is 22.1. The van der Waals surface area contributed by atoms with Crippen molar-refractivity contribution in [3.8, 4) is 11.3 Å². The van der Waals surface area contributed by atoms with E-state index in [1.54, 1.807) is 12.1 Å². The number of nitrogens with one attached hydrogen (secondary N) is 1. The van der Waals surface area contributed by atoms with E-state index in [1.165, 1.54) is 6.20 Å². The average molecular weight is 358 g/mol. The maximum atomic E-state index is 12.2. The summed E-state index contributed by atoms with van der Waals surface area (Å²) in [7, 11) is 0. The molecule has 1 amide bonds. The maximum absolute atomic E-state index is 12.2. The zero-order valence-electron chi connectivity index (χ0n) is 15.1. The highest BCUT2D eigenvalue weighted by Crippen LogP contribution is 2.17. The molecule has 0 bridgehead atoms. The molecular weight excluding hydrogens is 332 g/mol. The number of aliphatic hydroxyl groups is 2. The molecule has 0 radical (unpaired) electrons. The lowest BCUT2D eigenvalue weighted by Gasteiger charge is -2.32. The third kappa shape index (κ3) is 5.11. The highest BCUT2D eigenvalue weighted by molar-refractivity contribution is 5.94. The van der Waals surface area contributed by atoms with E-state index in [2.05, 4.69) is 10.3 Å². The Morgan fingerprint density at radius 1 is 1.19 bits per heavy atom. The summed E-state index contributed by atoms with van der Waals surface area (Å²) in [5, 5.41) is 22.2. The summed E-state index contributed by atoms with van der Waals surface area (Å²) in [6, 6.07) is 13.2. The molecule has 1 aliphatic rings. The van der Waals surface area contributed by atoms with Crippen molar-refractivity contribution < 1.29 is 19.7 Å². The number of nitrogens with zero attached hydrogens (tertiary/aromatic N) is 1. The van der Waals surface area contributed by atoms with Crippen LogP contribution in [-0.4, -0.2) is 52.6 Å². The average Bonchev–Trinajstić information content (AvgIpc) is 2.71. The molecule has 140 valence electrons. The number of aromatic nitrogens is 1. The van der Waals surface area contributed by atoms with Crippen molar-refractivity contribution in [1.29, 1.82) is 0 Å². The predicted molar refractivity (Wildman–Crippen MR) is 99.7 cm³/mol. The van der Waals surface area contributed by atoms with E-state index < -0.39 is 18.3 Å². The van der Waals surface area contributed by atoms with Crippen LogP contribution in [0.1, 0.15) is 30.6 Å². The molecule has 1 aromatic carbocycles. The molecule has 0 aliphatic carbocycles. The first-order valence-electron chi connectivity index (χ1n) is 8.92. The van der Waals surface area contributed by atoms with E-state index in [1.807, 2.05) is 44.2 Å². The van der Waals surface area contributed by atoms with Crippen LogP contribution < -0.4 is 5.32 Å². The van der Waals surface area contributed by atoms with Crippen LogP contribution in [0.4, 0.5) is 0 Å². The Morgan fingerprint density at radius 2 is 1.92 bits per heavy atom. The van der Waals surface area contributed by atoms with Crippen LogP contribution in [0.5, 0.6) is 0 Å². The van der Waals surface area contributed by atoms with Gasteiger partial charge < -0.3 is 20.3 Å². The largest absolute Gasteiger partial charge is 0.390 e. The molecule has 26 heavy (non-hydrogen) atoms. The van der Waals surface area contributed by atoms with Crippen molar-refractivity contribution in [3.63, 3.8) is 0 Å². The van der Waals surface area contributed by atoms with E-state index >= 15 is 0 Å². The van der Waals surface area contributed by atoms with Gasteiger partial charge in [-0.3, -0.25) is 9.78 Å². The van der Waals surface area contributed by atoms with Gasteiger partial charge in [-0.2, -0.15) is 0 Å². The maximum Gasteiger partial charge on any atom is 0.252 e. The fourth-order valence-electron chi connectivity index (χ4n) is 2.64. The molecule has 2 aromatic rings. The number of aliphatic hydroxyl groups excluding tert-OH is 2. The van der Waals surface area contributed by atoms with Gasteiger partial charge >= 0.3 is 0 Å². The minimum Gasteiger partial charge on any atom is -0.390 e. The first-order chi connectivity index (χ1) is 12.6. The highest BCUT2D eigenvalue weighted by Gasteiger charge is 2.31. The van der Waals surface area contributed by atoms with Crippen molar-refractivity contribution >= 4 is 5.91 Å². The second-order valence-corrected chi connectivity index (χ2v) is 5.76. The van der Waals surface area contributed by atoms with Gasteiger partial charge in [0.05, 0.1) is 17.4 Å². The van der Waals surface area contributed by atoms with Crippen molar-refractivity contribution in [2.24, 2.45) is 0 Å². The Balaban J connectivity index is 0.00000117. The fraction of sp³-hybridized carbons (Fsp3) is 0.400. The number of ether oxygens (including phenoxy) is 1. The molecule has 1 aromatic heterocycles. The molecule has 6 heteroatoms. The zero-order valence-corrected chi connectivity index (χ0v) is 15.1. The molecule has 1 saturated heterocycles. The van der Waals surface area contributed by atoms with Crippen LogP contribution in [-0.2, 0) is 4.74 Å². The molecule has 2 heterocycles. The fourth-order valence-corrected chi connectivity index (χ4v) is 2.64. The summed E-state index contributed by atoms with van der Waals surface area (Å²) < 4.78 is 5.38. The lowest BCUT2D eigenvalue weighted by atomic mass is 10.0. The molecule has 0 spiro atoms. The molecule has 1 aliphatic heterocycles. The van der Waals surface area contributed by atoms with Crippen LogP contribution in [0, 0.1) is 0 Å². The standard InChI is InChI=1S/C18H20N2O4.C2H6/c21-15-8-9-24-16(17(15)22)11-20-18(23)13-6-7-14(19-10-13)12-4-2-1-3-5-12;1-2/h1-7,10,15-17,21-22H,8-9,11H2,(H,20,23);1-2H3. The molecular formula is C20H26N2O4. The summed E-state index contributed by atoms with van der Waals surface area (Å²) in [6.45, 7) is 4.50. The van der Waals surface area contributed by atoms with Gasteiger partial charge in [-0.1, -0.05) is 44.2 Å². The molecule has 0 saturated carbocycles. The Morgan fingerprint density at radius 3 is 2.58 bits per heavy atom. The van der Waals surface area contributed by atoms with Gasteiger partial charge in [0.1, 0.15) is 12.2 Å². The quantitative estimate of drug-likeness (QED) is 0.778. The third-order valence-electron chi connectivity index (χ3n) is 4.08. The van der Waals surface area contributed by atoms with Gasteiger partial charge in [-0.15, -0.1) is 0 Å². The van der Waals surface area contributed by atoms with Gasteiger partial charge in [0, 0.05) is 24.9 Å². The van der Waals surface area contributed by atoms with Gasteiger partial charge in [0.2, 0.25) is 0 Å². The minimum absolute atomic E-state index is 0.136. The van der Waals surface area contributed by atoms with Crippen LogP contribution in [0.15, 0.2) is 48.7 Å². The molecule has 3 N–H and O–H groups in total. The number of carbonyl (C=O) groups excluding carboxylic acids is 1. The number of carbonyl (C=O) groups is 1. The number of hydrogen-bond donors (Lipinski definition) is 3. The van der Waals surface area contributed by atoms with E-state index in [9.17, 15) is 15.0 Å². The third-order valence-corrected chi connectivity index (χ3v) is 4.08. The lowest BCUT2D eigenvalue weighted by Crippen LogP contribution is -2.49. The Kier molecular flexibility index (Phi) is 7.72. The smallest absolute Gasteiger partial charge is 0.252 e. The Bertz CT molecular complexity index is 676. The zero-order chi connectivity index (χ0) is 18.9. The summed E-state index contributed by atoms with van der Waals surface area (Å²) in [4.78, 5) is 16.5. The van der Waals surface area contributed by atoms with Crippen molar-refractivity contribution in [2.75, 3.05) is 13.2 Å². The van der Waals surface area contributed by atoms with Crippen LogP contribution >= 0.6 is 0 Å². The minimum atomic E-state index is -0.988. The first-order valence-corrected chi connectivity index (χ1v) is 8.92. The number of rotatable bonds is 4. The van der Waals surface area contributed by atoms with Crippen molar-refractivity contribution in [1.82, 2.24) is 10.3 Å². The van der Waals surface area contributed by atoms with Crippen molar-refractivity contribution in [3.05, 3.63) is 54.2 Å².